The lowest BCUT2D eigenvalue weighted by atomic mass is 10.2. The smallest absolute Gasteiger partial charge is 0.271 e. The van der Waals surface area contributed by atoms with E-state index in [1.54, 1.807) is 42.5 Å². The fraction of sp³-hybridized carbons (Fsp3) is 0.217. The molecule has 0 spiro atoms. The first-order valence-corrected chi connectivity index (χ1v) is 9.87. The van der Waals surface area contributed by atoms with Gasteiger partial charge in [0.05, 0.1) is 25.0 Å². The van der Waals surface area contributed by atoms with Crippen LogP contribution in [0, 0.1) is 0 Å². The molecule has 0 aliphatic carbocycles. The molecule has 0 aromatic heterocycles. The van der Waals surface area contributed by atoms with Gasteiger partial charge < -0.3 is 18.9 Å². The monoisotopic (exact) mass is 444 g/mol. The largest absolute Gasteiger partial charge is 0.493 e. The molecule has 0 saturated heterocycles. The first-order chi connectivity index (χ1) is 15.0. The van der Waals surface area contributed by atoms with E-state index in [0.29, 0.717) is 59.0 Å². The van der Waals surface area contributed by atoms with E-state index in [0.717, 1.165) is 0 Å². The minimum atomic E-state index is -0.406. The van der Waals surface area contributed by atoms with E-state index >= 15 is 0 Å². The Bertz CT molecular complexity index is 959. The zero-order chi connectivity index (χ0) is 22.6. The molecule has 0 atom stereocenters. The molecule has 0 saturated carbocycles. The van der Waals surface area contributed by atoms with Gasteiger partial charge >= 0.3 is 0 Å². The van der Waals surface area contributed by atoms with Crippen molar-refractivity contribution in [1.82, 2.24) is 5.43 Å². The minimum absolute atomic E-state index is 0.292. The van der Waals surface area contributed by atoms with Crippen molar-refractivity contribution in [2.75, 3.05) is 26.9 Å². The van der Waals surface area contributed by atoms with Crippen molar-refractivity contribution in [2.24, 2.45) is 5.10 Å². The van der Waals surface area contributed by atoms with Crippen molar-refractivity contribution < 1.29 is 23.7 Å². The lowest BCUT2D eigenvalue weighted by Crippen LogP contribution is -2.17. The molecule has 31 heavy (non-hydrogen) atoms. The van der Waals surface area contributed by atoms with E-state index in [1.165, 1.54) is 13.3 Å². The third-order valence-corrected chi connectivity index (χ3v) is 4.12. The molecule has 0 bridgehead atoms. The highest BCUT2D eigenvalue weighted by Crippen LogP contribution is 2.36. The summed E-state index contributed by atoms with van der Waals surface area (Å²) >= 11 is 6.26. The number of halogens is 1. The number of hydrazone groups is 1. The van der Waals surface area contributed by atoms with Gasteiger partial charge in [0.2, 0.25) is 0 Å². The van der Waals surface area contributed by atoms with Crippen molar-refractivity contribution in [3.8, 4) is 23.0 Å². The number of hydrogen-bond acceptors (Lipinski definition) is 6. The molecule has 0 aliphatic heterocycles. The van der Waals surface area contributed by atoms with E-state index in [1.807, 2.05) is 6.92 Å². The predicted molar refractivity (Wildman–Crippen MR) is 122 cm³/mol. The predicted octanol–water partition coefficient (Wildman–Crippen LogP) is 4.64. The summed E-state index contributed by atoms with van der Waals surface area (Å²) in [5.41, 5.74) is 3.47. The Morgan fingerprint density at radius 3 is 2.48 bits per heavy atom. The van der Waals surface area contributed by atoms with Crippen LogP contribution in [-0.4, -0.2) is 39.1 Å². The molecule has 2 aromatic rings. The zero-order valence-corrected chi connectivity index (χ0v) is 18.3. The summed E-state index contributed by atoms with van der Waals surface area (Å²) in [6, 6.07) is 8.23. The summed E-state index contributed by atoms with van der Waals surface area (Å²) in [6.07, 6.45) is 4.69. The second-order valence-electron chi connectivity index (χ2n) is 6.03. The average molecular weight is 445 g/mol. The molecule has 0 unspecified atom stereocenters. The summed E-state index contributed by atoms with van der Waals surface area (Å²) in [5, 5.41) is 4.35. The Morgan fingerprint density at radius 1 is 1.06 bits per heavy atom. The first-order valence-electron chi connectivity index (χ1n) is 9.49. The summed E-state index contributed by atoms with van der Waals surface area (Å²) < 4.78 is 21.9. The van der Waals surface area contributed by atoms with E-state index in [2.05, 4.69) is 23.7 Å². The number of carbonyl (C=O) groups is 1. The fourth-order valence-electron chi connectivity index (χ4n) is 2.51. The maximum Gasteiger partial charge on any atom is 0.271 e. The molecule has 7 nitrogen and oxygen atoms in total. The van der Waals surface area contributed by atoms with Crippen LogP contribution in [0.1, 0.15) is 22.8 Å². The van der Waals surface area contributed by atoms with Crippen molar-refractivity contribution in [3.05, 3.63) is 71.8 Å². The number of methoxy groups -OCH3 is 1. The van der Waals surface area contributed by atoms with Crippen LogP contribution in [0.3, 0.4) is 0 Å². The summed E-state index contributed by atoms with van der Waals surface area (Å²) in [4.78, 5) is 12.5. The summed E-state index contributed by atoms with van der Waals surface area (Å²) in [7, 11) is 1.51. The number of benzene rings is 2. The fourth-order valence-corrected chi connectivity index (χ4v) is 2.79. The standard InChI is InChI=1S/C23H25ClN2O5/c1-5-10-30-19-9-8-17(14-20(19)29-7-3)23(27)26-25-15-16-12-18(24)22(31-11-6-2)21(13-16)28-4/h5-6,8-9,12-15H,1-2,7,10-11H2,3-4H3,(H,26,27)/b25-15+. The van der Waals surface area contributed by atoms with Crippen LogP contribution in [0.15, 0.2) is 60.7 Å². The van der Waals surface area contributed by atoms with Crippen LogP contribution in [0.25, 0.3) is 0 Å². The number of nitrogens with zero attached hydrogens (tertiary/aromatic N) is 1. The summed E-state index contributed by atoms with van der Waals surface area (Å²) in [6.45, 7) is 10.1. The summed E-state index contributed by atoms with van der Waals surface area (Å²) in [5.74, 6) is 1.44. The Hall–Kier alpha value is -3.45. The lowest BCUT2D eigenvalue weighted by Gasteiger charge is -2.12. The number of rotatable bonds is 12. The molecular formula is C23H25ClN2O5. The molecule has 0 radical (unpaired) electrons. The maximum atomic E-state index is 12.5. The molecule has 1 amide bonds. The van der Waals surface area contributed by atoms with Crippen LogP contribution in [0.4, 0.5) is 0 Å². The molecule has 0 aliphatic rings. The third-order valence-electron chi connectivity index (χ3n) is 3.84. The molecular weight excluding hydrogens is 420 g/mol. The average Bonchev–Trinajstić information content (AvgIpc) is 2.77. The SMILES string of the molecule is C=CCOc1ccc(C(=O)N/N=C/c2cc(Cl)c(OCC=C)c(OC)c2)cc1OCC. The molecule has 2 aromatic carbocycles. The maximum absolute atomic E-state index is 12.5. The van der Waals surface area contributed by atoms with Crippen molar-refractivity contribution in [2.45, 2.75) is 6.92 Å². The Kier molecular flexibility index (Phi) is 9.45. The first kappa shape index (κ1) is 23.8. The van der Waals surface area contributed by atoms with Crippen molar-refractivity contribution in [1.29, 1.82) is 0 Å². The number of hydrogen-bond donors (Lipinski definition) is 1. The van der Waals surface area contributed by atoms with Crippen molar-refractivity contribution in [3.63, 3.8) is 0 Å². The molecule has 0 heterocycles. The zero-order valence-electron chi connectivity index (χ0n) is 17.5. The van der Waals surface area contributed by atoms with E-state index in [9.17, 15) is 4.79 Å². The number of nitrogens with one attached hydrogen (secondary N) is 1. The highest BCUT2D eigenvalue weighted by molar-refractivity contribution is 6.32. The van der Waals surface area contributed by atoms with Crippen LogP contribution in [-0.2, 0) is 0 Å². The van der Waals surface area contributed by atoms with Crippen LogP contribution >= 0.6 is 11.6 Å². The third kappa shape index (κ3) is 6.79. The number of ether oxygens (including phenoxy) is 4. The Morgan fingerprint density at radius 2 is 1.81 bits per heavy atom. The van der Waals surface area contributed by atoms with Gasteiger partial charge in [0.25, 0.3) is 5.91 Å². The van der Waals surface area contributed by atoms with Crippen LogP contribution in [0.2, 0.25) is 5.02 Å². The normalized spacial score (nSPS) is 10.4. The van der Waals surface area contributed by atoms with Gasteiger partial charge in [0.15, 0.2) is 23.0 Å². The number of amides is 1. The van der Waals surface area contributed by atoms with Gasteiger partial charge in [-0.2, -0.15) is 5.10 Å². The van der Waals surface area contributed by atoms with Gasteiger partial charge in [-0.15, -0.1) is 0 Å². The molecule has 0 fully saturated rings. The van der Waals surface area contributed by atoms with Gasteiger partial charge in [-0.1, -0.05) is 36.9 Å². The van der Waals surface area contributed by atoms with E-state index in [4.69, 9.17) is 30.5 Å². The highest BCUT2D eigenvalue weighted by Gasteiger charge is 2.13. The minimum Gasteiger partial charge on any atom is -0.493 e. The number of carbonyl (C=O) groups excluding carboxylic acids is 1. The Balaban J connectivity index is 2.12. The molecule has 2 rings (SSSR count). The van der Waals surface area contributed by atoms with E-state index < -0.39 is 5.91 Å². The molecule has 164 valence electrons. The second-order valence-corrected chi connectivity index (χ2v) is 6.43. The Labute approximate surface area is 186 Å². The van der Waals surface area contributed by atoms with Gasteiger partial charge in [0.1, 0.15) is 13.2 Å². The van der Waals surface area contributed by atoms with Gasteiger partial charge in [0, 0.05) is 5.56 Å². The topological polar surface area (TPSA) is 78.4 Å². The molecule has 8 heteroatoms. The lowest BCUT2D eigenvalue weighted by molar-refractivity contribution is 0.0954. The van der Waals surface area contributed by atoms with E-state index in [-0.39, 0.29) is 0 Å². The van der Waals surface area contributed by atoms with Crippen LogP contribution in [0.5, 0.6) is 23.0 Å². The van der Waals surface area contributed by atoms with Gasteiger partial charge in [-0.3, -0.25) is 4.79 Å². The quantitative estimate of drug-likeness (QED) is 0.293. The van der Waals surface area contributed by atoms with Gasteiger partial charge in [-0.25, -0.2) is 5.43 Å². The van der Waals surface area contributed by atoms with Gasteiger partial charge in [-0.05, 0) is 42.8 Å². The second kappa shape index (κ2) is 12.3. The van der Waals surface area contributed by atoms with Crippen molar-refractivity contribution >= 4 is 23.7 Å². The highest BCUT2D eigenvalue weighted by atomic mass is 35.5. The molecule has 1 N–H and O–H groups in total. The van der Waals surface area contributed by atoms with Crippen LogP contribution < -0.4 is 24.4 Å².